The predicted molar refractivity (Wildman–Crippen MR) is 116 cm³/mol. The molecule has 1 aromatic carbocycles. The number of rotatable bonds is 9. The van der Waals surface area contributed by atoms with Gasteiger partial charge in [-0.05, 0) is 30.5 Å². The van der Waals surface area contributed by atoms with Crippen molar-refractivity contribution in [3.8, 4) is 0 Å². The molecule has 2 aromatic heterocycles. The van der Waals surface area contributed by atoms with E-state index in [1.165, 1.54) is 4.57 Å². The lowest BCUT2D eigenvalue weighted by atomic mass is 10.1. The molecule has 0 saturated heterocycles. The molecule has 0 fully saturated rings. The Kier molecular flexibility index (Phi) is 7.12. The van der Waals surface area contributed by atoms with Crippen LogP contribution in [-0.2, 0) is 26.2 Å². The molecule has 8 nitrogen and oxygen atoms in total. The summed E-state index contributed by atoms with van der Waals surface area (Å²) in [5, 5.41) is 20.9. The van der Waals surface area contributed by atoms with Gasteiger partial charge in [-0.25, -0.2) is 9.78 Å². The van der Waals surface area contributed by atoms with Crippen molar-refractivity contribution in [3.63, 3.8) is 0 Å². The van der Waals surface area contributed by atoms with Gasteiger partial charge in [-0.1, -0.05) is 44.0 Å². The molecule has 0 saturated carbocycles. The minimum absolute atomic E-state index is 0.187. The number of unbranched alkanes of at least 4 members (excludes halogenated alkanes) is 1. The number of aliphatic hydroxyl groups excluding tert-OH is 2. The third-order valence-electron chi connectivity index (χ3n) is 5.13. The van der Waals surface area contributed by atoms with Crippen molar-refractivity contribution in [2.75, 3.05) is 0 Å². The van der Waals surface area contributed by atoms with Crippen LogP contribution < -0.4 is 11.2 Å². The first-order valence-corrected chi connectivity index (χ1v) is 10.6. The van der Waals surface area contributed by atoms with Crippen molar-refractivity contribution >= 4 is 22.8 Å². The minimum Gasteiger partial charge on any atom is -0.388 e. The van der Waals surface area contributed by atoms with Crippen molar-refractivity contribution in [2.45, 2.75) is 65.5 Å². The third kappa shape index (κ3) is 4.21. The number of aromatic nitrogens is 4. The van der Waals surface area contributed by atoms with Crippen molar-refractivity contribution in [3.05, 3.63) is 61.5 Å². The molecule has 2 N–H and O–H groups in total. The van der Waals surface area contributed by atoms with E-state index < -0.39 is 17.4 Å². The van der Waals surface area contributed by atoms with Crippen LogP contribution in [0.5, 0.6) is 0 Å². The van der Waals surface area contributed by atoms with E-state index >= 15 is 0 Å². The maximum absolute atomic E-state index is 13.3. The largest absolute Gasteiger partial charge is 0.388 e. The first kappa shape index (κ1) is 22.3. The summed E-state index contributed by atoms with van der Waals surface area (Å²) in [6, 6.07) is 6.62. The Balaban J connectivity index is 2.19. The normalized spacial score (nSPS) is 12.6. The fourth-order valence-electron chi connectivity index (χ4n) is 3.56. The van der Waals surface area contributed by atoms with Gasteiger partial charge in [0.2, 0.25) is 0 Å². The molecule has 3 rings (SSSR count). The Bertz CT molecular complexity index is 1130. The molecule has 0 aliphatic rings. The Morgan fingerprint density at radius 1 is 1.03 bits per heavy atom. The zero-order chi connectivity index (χ0) is 21.8. The fraction of sp³-hybridized carbons (Fsp3) is 0.476. The van der Waals surface area contributed by atoms with Gasteiger partial charge in [0.25, 0.3) is 5.56 Å². The van der Waals surface area contributed by atoms with E-state index in [1.54, 1.807) is 28.8 Å². The summed E-state index contributed by atoms with van der Waals surface area (Å²) in [7, 11) is 0. The van der Waals surface area contributed by atoms with Crippen LogP contribution in [0.2, 0.25) is 5.02 Å². The van der Waals surface area contributed by atoms with Gasteiger partial charge in [0, 0.05) is 18.1 Å². The second-order valence-electron chi connectivity index (χ2n) is 7.28. The van der Waals surface area contributed by atoms with E-state index in [4.69, 9.17) is 11.6 Å². The average molecular weight is 435 g/mol. The predicted octanol–water partition coefficient (Wildman–Crippen LogP) is 2.45. The maximum Gasteiger partial charge on any atom is 0.332 e. The van der Waals surface area contributed by atoms with Crippen LogP contribution in [0.3, 0.4) is 0 Å². The van der Waals surface area contributed by atoms with Gasteiger partial charge in [0.1, 0.15) is 12.4 Å². The summed E-state index contributed by atoms with van der Waals surface area (Å²) < 4.78 is 4.21. The molecule has 162 valence electrons. The summed E-state index contributed by atoms with van der Waals surface area (Å²) in [5.41, 5.74) is 0.0909. The number of halogens is 1. The number of imidazole rings is 1. The Morgan fingerprint density at radius 3 is 2.33 bits per heavy atom. The summed E-state index contributed by atoms with van der Waals surface area (Å²) >= 11 is 5.90. The summed E-state index contributed by atoms with van der Waals surface area (Å²) in [4.78, 5) is 30.9. The van der Waals surface area contributed by atoms with Crippen molar-refractivity contribution in [2.24, 2.45) is 0 Å². The Labute approximate surface area is 179 Å². The zero-order valence-electron chi connectivity index (χ0n) is 17.2. The lowest BCUT2D eigenvalue weighted by Crippen LogP contribution is -2.42. The van der Waals surface area contributed by atoms with Crippen LogP contribution in [0.25, 0.3) is 11.2 Å². The van der Waals surface area contributed by atoms with E-state index in [2.05, 4.69) is 4.98 Å². The molecule has 2 heterocycles. The van der Waals surface area contributed by atoms with Crippen LogP contribution in [0.1, 0.15) is 50.6 Å². The molecule has 0 bridgehead atoms. The van der Waals surface area contributed by atoms with Crippen LogP contribution in [0, 0.1) is 0 Å². The molecule has 0 aliphatic heterocycles. The minimum atomic E-state index is -1.05. The molecule has 1 atom stereocenters. The lowest BCUT2D eigenvalue weighted by molar-refractivity contribution is 0.152. The summed E-state index contributed by atoms with van der Waals surface area (Å²) in [6.45, 7) is 4.35. The maximum atomic E-state index is 13.3. The molecule has 0 spiro atoms. The summed E-state index contributed by atoms with van der Waals surface area (Å²) in [6.07, 6.45) is 1.29. The standard InChI is InChI=1S/C21H27ClN4O4/c1-3-5-11-25-19-18(24(10-4-2)17(13-27)23-19)20(29)26(21(25)30)12-16(28)14-6-8-15(22)9-7-14/h6-9,16,27-28H,3-5,10-13H2,1-2H3. The van der Waals surface area contributed by atoms with E-state index in [-0.39, 0.29) is 24.3 Å². The SMILES string of the molecule is CCCCn1c(=O)n(CC(O)c2ccc(Cl)cc2)c(=O)c2c1nc(CO)n2CCC. The number of hydrogen-bond acceptors (Lipinski definition) is 5. The van der Waals surface area contributed by atoms with E-state index in [0.29, 0.717) is 29.5 Å². The fourth-order valence-corrected chi connectivity index (χ4v) is 3.69. The molecular weight excluding hydrogens is 408 g/mol. The molecule has 9 heteroatoms. The van der Waals surface area contributed by atoms with Gasteiger partial charge >= 0.3 is 5.69 Å². The summed E-state index contributed by atoms with van der Waals surface area (Å²) in [5.74, 6) is 0.351. The monoisotopic (exact) mass is 434 g/mol. The van der Waals surface area contributed by atoms with Gasteiger partial charge in [-0.2, -0.15) is 0 Å². The second-order valence-corrected chi connectivity index (χ2v) is 7.72. The highest BCUT2D eigenvalue weighted by Gasteiger charge is 2.22. The van der Waals surface area contributed by atoms with E-state index in [1.807, 2.05) is 13.8 Å². The van der Waals surface area contributed by atoms with E-state index in [9.17, 15) is 19.8 Å². The quantitative estimate of drug-likeness (QED) is 0.538. The van der Waals surface area contributed by atoms with Crippen LogP contribution in [-0.4, -0.2) is 28.9 Å². The number of fused-ring (bicyclic) bond motifs is 1. The molecule has 0 radical (unpaired) electrons. The first-order chi connectivity index (χ1) is 14.4. The number of nitrogens with zero attached hydrogens (tertiary/aromatic N) is 4. The van der Waals surface area contributed by atoms with Gasteiger partial charge < -0.3 is 14.8 Å². The van der Waals surface area contributed by atoms with Gasteiger partial charge in [0.15, 0.2) is 11.2 Å². The molecule has 1 unspecified atom stereocenters. The van der Waals surface area contributed by atoms with Crippen molar-refractivity contribution in [1.29, 1.82) is 0 Å². The van der Waals surface area contributed by atoms with Crippen molar-refractivity contribution < 1.29 is 10.2 Å². The highest BCUT2D eigenvalue weighted by molar-refractivity contribution is 6.30. The highest BCUT2D eigenvalue weighted by Crippen LogP contribution is 2.18. The van der Waals surface area contributed by atoms with Crippen LogP contribution in [0.4, 0.5) is 0 Å². The van der Waals surface area contributed by atoms with Crippen LogP contribution >= 0.6 is 11.6 Å². The molecule has 30 heavy (non-hydrogen) atoms. The second kappa shape index (κ2) is 9.59. The lowest BCUT2D eigenvalue weighted by Gasteiger charge is -2.16. The average Bonchev–Trinajstić information content (AvgIpc) is 3.10. The zero-order valence-corrected chi connectivity index (χ0v) is 18.0. The molecule has 0 amide bonds. The number of aryl methyl sites for hydroxylation is 2. The van der Waals surface area contributed by atoms with Gasteiger partial charge in [-0.3, -0.25) is 13.9 Å². The van der Waals surface area contributed by atoms with Crippen molar-refractivity contribution in [1.82, 2.24) is 18.7 Å². The van der Waals surface area contributed by atoms with Crippen LogP contribution in [0.15, 0.2) is 33.9 Å². The number of benzene rings is 1. The smallest absolute Gasteiger partial charge is 0.332 e. The highest BCUT2D eigenvalue weighted by atomic mass is 35.5. The molecule has 0 aliphatic carbocycles. The third-order valence-corrected chi connectivity index (χ3v) is 5.38. The number of hydrogen-bond donors (Lipinski definition) is 2. The molecular formula is C21H27ClN4O4. The molecule has 3 aromatic rings. The van der Waals surface area contributed by atoms with E-state index in [0.717, 1.165) is 23.8 Å². The number of aliphatic hydroxyl groups is 2. The Hall–Kier alpha value is -2.42. The Morgan fingerprint density at radius 2 is 1.73 bits per heavy atom. The first-order valence-electron chi connectivity index (χ1n) is 10.2. The van der Waals surface area contributed by atoms with Gasteiger partial charge in [-0.15, -0.1) is 0 Å². The van der Waals surface area contributed by atoms with Gasteiger partial charge in [0.05, 0.1) is 12.6 Å². The topological polar surface area (TPSA) is 102 Å².